The Kier molecular flexibility index (Phi) is 2.53. The average Bonchev–Trinajstić information content (AvgIpc) is 2.68. The molecule has 3 heteroatoms. The number of hydrogen-bond acceptors (Lipinski definition) is 3. The molecule has 2 atom stereocenters. The first kappa shape index (κ1) is 10.3. The third-order valence-electron chi connectivity index (χ3n) is 3.24. The Balaban J connectivity index is 1.89. The molecule has 2 aromatic rings. The molecule has 0 saturated heterocycles. The van der Waals surface area contributed by atoms with Crippen LogP contribution in [0.4, 0.5) is 5.82 Å². The molecule has 0 saturated carbocycles. The van der Waals surface area contributed by atoms with E-state index in [2.05, 4.69) is 34.6 Å². The first-order valence-corrected chi connectivity index (χ1v) is 5.85. The van der Waals surface area contributed by atoms with Gasteiger partial charge in [0, 0.05) is 12.2 Å². The van der Waals surface area contributed by atoms with E-state index >= 15 is 0 Å². The summed E-state index contributed by atoms with van der Waals surface area (Å²) >= 11 is 0. The van der Waals surface area contributed by atoms with Crippen LogP contribution in [0.5, 0.6) is 0 Å². The van der Waals surface area contributed by atoms with Crippen molar-refractivity contribution in [3.8, 4) is 0 Å². The smallest absolute Gasteiger partial charge is 0.126 e. The highest BCUT2D eigenvalue weighted by atomic mass is 15.0. The van der Waals surface area contributed by atoms with Gasteiger partial charge in [0.1, 0.15) is 5.82 Å². The molecule has 0 amide bonds. The number of benzene rings is 1. The zero-order valence-electron chi connectivity index (χ0n) is 9.51. The lowest BCUT2D eigenvalue weighted by molar-refractivity contribution is 0.624. The van der Waals surface area contributed by atoms with E-state index in [0.717, 1.165) is 12.2 Å². The topological polar surface area (TPSA) is 50.9 Å². The highest BCUT2D eigenvalue weighted by Gasteiger charge is 2.29. The van der Waals surface area contributed by atoms with Crippen LogP contribution in [-0.4, -0.2) is 11.0 Å². The Morgan fingerprint density at radius 1 is 1.12 bits per heavy atom. The quantitative estimate of drug-likeness (QED) is 0.823. The number of hydrogen-bond donors (Lipinski definition) is 2. The maximum absolute atomic E-state index is 6.19. The second-order valence-electron chi connectivity index (χ2n) is 4.40. The minimum absolute atomic E-state index is 0.120. The van der Waals surface area contributed by atoms with Crippen molar-refractivity contribution in [1.29, 1.82) is 0 Å². The van der Waals surface area contributed by atoms with E-state index in [-0.39, 0.29) is 12.1 Å². The van der Waals surface area contributed by atoms with Gasteiger partial charge in [-0.1, -0.05) is 30.3 Å². The number of anilines is 1. The average molecular weight is 225 g/mol. The second kappa shape index (κ2) is 4.18. The number of nitrogens with one attached hydrogen (secondary N) is 1. The number of pyridine rings is 1. The number of aromatic nitrogens is 1. The Morgan fingerprint density at radius 3 is 2.76 bits per heavy atom. The molecule has 3 N–H and O–H groups in total. The van der Waals surface area contributed by atoms with Crippen LogP contribution in [0.25, 0.3) is 0 Å². The molecule has 17 heavy (non-hydrogen) atoms. The van der Waals surface area contributed by atoms with Gasteiger partial charge >= 0.3 is 0 Å². The van der Waals surface area contributed by atoms with Gasteiger partial charge in [0.05, 0.1) is 6.04 Å². The van der Waals surface area contributed by atoms with E-state index < -0.39 is 0 Å². The molecule has 3 rings (SSSR count). The fraction of sp³-hybridized carbons (Fsp3) is 0.214. The summed E-state index contributed by atoms with van der Waals surface area (Å²) in [7, 11) is 0. The Hall–Kier alpha value is -1.87. The Morgan fingerprint density at radius 2 is 1.94 bits per heavy atom. The lowest BCUT2D eigenvalue weighted by Crippen LogP contribution is -2.30. The van der Waals surface area contributed by atoms with Crippen LogP contribution in [0.2, 0.25) is 0 Å². The van der Waals surface area contributed by atoms with Crippen LogP contribution < -0.4 is 11.1 Å². The molecular weight excluding hydrogens is 210 g/mol. The van der Waals surface area contributed by atoms with E-state index in [1.165, 1.54) is 11.1 Å². The van der Waals surface area contributed by atoms with Gasteiger partial charge in [0.15, 0.2) is 0 Å². The van der Waals surface area contributed by atoms with Gasteiger partial charge in [-0.15, -0.1) is 0 Å². The van der Waals surface area contributed by atoms with Crippen LogP contribution in [0.1, 0.15) is 17.2 Å². The third kappa shape index (κ3) is 1.89. The van der Waals surface area contributed by atoms with Gasteiger partial charge in [0.25, 0.3) is 0 Å². The van der Waals surface area contributed by atoms with Crippen LogP contribution in [-0.2, 0) is 6.42 Å². The largest absolute Gasteiger partial charge is 0.362 e. The molecular formula is C14H15N3. The molecule has 0 aliphatic heterocycles. The first-order valence-electron chi connectivity index (χ1n) is 5.85. The van der Waals surface area contributed by atoms with Crippen molar-refractivity contribution in [2.24, 2.45) is 5.73 Å². The molecule has 1 aliphatic carbocycles. The van der Waals surface area contributed by atoms with Crippen molar-refractivity contribution in [2.45, 2.75) is 18.5 Å². The molecule has 2 unspecified atom stereocenters. The maximum atomic E-state index is 6.19. The predicted octanol–water partition coefficient (Wildman–Crippen LogP) is 2.12. The number of nitrogens with zero attached hydrogens (tertiary/aromatic N) is 1. The van der Waals surface area contributed by atoms with Crippen LogP contribution in [0.15, 0.2) is 48.7 Å². The zero-order chi connectivity index (χ0) is 11.7. The summed E-state index contributed by atoms with van der Waals surface area (Å²) in [4.78, 5) is 4.28. The number of fused-ring (bicyclic) bond motifs is 1. The van der Waals surface area contributed by atoms with Gasteiger partial charge in [-0.05, 0) is 29.7 Å². The van der Waals surface area contributed by atoms with Crippen molar-refractivity contribution in [3.63, 3.8) is 0 Å². The molecule has 86 valence electrons. The number of nitrogens with two attached hydrogens (primary N) is 1. The maximum Gasteiger partial charge on any atom is 0.126 e. The van der Waals surface area contributed by atoms with Crippen molar-refractivity contribution >= 4 is 5.82 Å². The summed E-state index contributed by atoms with van der Waals surface area (Å²) in [6.45, 7) is 0. The highest BCUT2D eigenvalue weighted by Crippen LogP contribution is 2.32. The summed E-state index contributed by atoms with van der Waals surface area (Å²) in [5.41, 5.74) is 8.82. The Labute approximate surface area is 101 Å². The summed E-state index contributed by atoms with van der Waals surface area (Å²) in [6.07, 6.45) is 2.72. The van der Waals surface area contributed by atoms with Crippen molar-refractivity contribution in [3.05, 3.63) is 59.8 Å². The van der Waals surface area contributed by atoms with Crippen molar-refractivity contribution < 1.29 is 0 Å². The summed E-state index contributed by atoms with van der Waals surface area (Å²) in [5, 5.41) is 3.41. The van der Waals surface area contributed by atoms with Gasteiger partial charge in [-0.25, -0.2) is 4.98 Å². The Bertz CT molecular complexity index is 510. The third-order valence-corrected chi connectivity index (χ3v) is 3.24. The van der Waals surface area contributed by atoms with Gasteiger partial charge in [-0.2, -0.15) is 0 Å². The predicted molar refractivity (Wildman–Crippen MR) is 68.7 cm³/mol. The van der Waals surface area contributed by atoms with Gasteiger partial charge in [0.2, 0.25) is 0 Å². The van der Waals surface area contributed by atoms with Crippen LogP contribution in [0.3, 0.4) is 0 Å². The summed E-state index contributed by atoms with van der Waals surface area (Å²) in [5.74, 6) is 0.879. The van der Waals surface area contributed by atoms with Crippen molar-refractivity contribution in [1.82, 2.24) is 4.98 Å². The minimum atomic E-state index is 0.120. The molecule has 0 fully saturated rings. The van der Waals surface area contributed by atoms with Crippen LogP contribution >= 0.6 is 0 Å². The fourth-order valence-corrected chi connectivity index (χ4v) is 2.42. The SMILES string of the molecule is NC1Cc2ccccc2C1Nc1ccccn1. The molecule has 1 aromatic heterocycles. The summed E-state index contributed by atoms with van der Waals surface area (Å²) in [6, 6.07) is 14.6. The molecule has 0 spiro atoms. The van der Waals surface area contributed by atoms with E-state index in [1.807, 2.05) is 18.2 Å². The fourth-order valence-electron chi connectivity index (χ4n) is 2.42. The lowest BCUT2D eigenvalue weighted by atomic mass is 10.1. The van der Waals surface area contributed by atoms with E-state index in [1.54, 1.807) is 6.20 Å². The molecule has 3 nitrogen and oxygen atoms in total. The van der Waals surface area contributed by atoms with Gasteiger partial charge < -0.3 is 11.1 Å². The van der Waals surface area contributed by atoms with E-state index in [4.69, 9.17) is 5.73 Å². The van der Waals surface area contributed by atoms with E-state index in [0.29, 0.717) is 0 Å². The summed E-state index contributed by atoms with van der Waals surface area (Å²) < 4.78 is 0. The first-order chi connectivity index (χ1) is 8.34. The van der Waals surface area contributed by atoms with Gasteiger partial charge in [-0.3, -0.25) is 0 Å². The molecule has 0 radical (unpaired) electrons. The minimum Gasteiger partial charge on any atom is -0.362 e. The van der Waals surface area contributed by atoms with E-state index in [9.17, 15) is 0 Å². The molecule has 1 heterocycles. The molecule has 0 bridgehead atoms. The lowest BCUT2D eigenvalue weighted by Gasteiger charge is -2.19. The zero-order valence-corrected chi connectivity index (χ0v) is 9.51. The second-order valence-corrected chi connectivity index (χ2v) is 4.40. The monoisotopic (exact) mass is 225 g/mol. The van der Waals surface area contributed by atoms with Crippen LogP contribution in [0, 0.1) is 0 Å². The number of rotatable bonds is 2. The molecule has 1 aliphatic rings. The standard InChI is InChI=1S/C14H15N3/c15-12-9-10-5-1-2-6-11(10)14(12)17-13-7-3-4-8-16-13/h1-8,12,14H,9,15H2,(H,16,17). The van der Waals surface area contributed by atoms with Crippen molar-refractivity contribution in [2.75, 3.05) is 5.32 Å². The highest BCUT2D eigenvalue weighted by molar-refractivity contribution is 5.45. The molecule has 1 aromatic carbocycles. The normalized spacial score (nSPS) is 22.2.